The maximum Gasteiger partial charge on any atom is 0.141 e. The van der Waals surface area contributed by atoms with E-state index in [9.17, 15) is 0 Å². The van der Waals surface area contributed by atoms with Gasteiger partial charge in [0.05, 0.1) is 0 Å². The van der Waals surface area contributed by atoms with Crippen LogP contribution in [0.2, 0.25) is 0 Å². The third-order valence-corrected chi connectivity index (χ3v) is 11.7. The molecule has 3 rings (SSSR count). The molecule has 0 amide bonds. The summed E-state index contributed by atoms with van der Waals surface area (Å²) >= 11 is 4.17. The van der Waals surface area contributed by atoms with Crippen molar-refractivity contribution in [2.45, 2.75) is 30.8 Å². The van der Waals surface area contributed by atoms with Gasteiger partial charge < -0.3 is 0 Å². The van der Waals surface area contributed by atoms with Gasteiger partial charge in [-0.15, -0.1) is 0 Å². The Kier molecular flexibility index (Phi) is 8.47. The van der Waals surface area contributed by atoms with Gasteiger partial charge in [0.1, 0.15) is 27.7 Å². The first kappa shape index (κ1) is 21.8. The Balaban J connectivity index is 2.08. The quantitative estimate of drug-likeness (QED) is 0.182. The molecule has 2 heteroatoms. The summed E-state index contributed by atoms with van der Waals surface area (Å²) < 4.78 is 0.327. The van der Waals surface area contributed by atoms with E-state index in [0.717, 1.165) is 19.3 Å². The molecule has 148 valence electrons. The molecular formula is C27H29BrP+. The highest BCUT2D eigenvalue weighted by Gasteiger charge is 2.50. The van der Waals surface area contributed by atoms with Crippen LogP contribution >= 0.6 is 23.2 Å². The molecule has 0 aliphatic rings. The van der Waals surface area contributed by atoms with Crippen molar-refractivity contribution in [3.8, 4) is 0 Å². The van der Waals surface area contributed by atoms with Crippen LogP contribution in [0.5, 0.6) is 0 Å². The van der Waals surface area contributed by atoms with Crippen LogP contribution in [0, 0.1) is 0 Å². The highest BCUT2D eigenvalue weighted by atomic mass is 79.9. The Bertz CT molecular complexity index is 804. The number of allylic oxidation sites excluding steroid dienone is 4. The molecular weight excluding hydrogens is 435 g/mol. The van der Waals surface area contributed by atoms with E-state index in [1.54, 1.807) is 0 Å². The fourth-order valence-electron chi connectivity index (χ4n) is 3.73. The maximum atomic E-state index is 4.17. The van der Waals surface area contributed by atoms with Crippen molar-refractivity contribution in [3.63, 3.8) is 0 Å². The van der Waals surface area contributed by atoms with Crippen LogP contribution in [-0.2, 0) is 0 Å². The normalized spacial score (nSPS) is 13.2. The number of benzene rings is 3. The molecule has 0 saturated carbocycles. The van der Waals surface area contributed by atoms with Gasteiger partial charge in [0.15, 0.2) is 0 Å². The Morgan fingerprint density at radius 1 is 0.655 bits per heavy atom. The van der Waals surface area contributed by atoms with E-state index in [1.807, 2.05) is 0 Å². The average molecular weight is 464 g/mol. The van der Waals surface area contributed by atoms with Gasteiger partial charge >= 0.3 is 0 Å². The lowest BCUT2D eigenvalue weighted by atomic mass is 10.3. The average Bonchev–Trinajstić information content (AvgIpc) is 2.79. The minimum absolute atomic E-state index is 0.327. The summed E-state index contributed by atoms with van der Waals surface area (Å²) in [7, 11) is -1.86. The second kappa shape index (κ2) is 11.3. The van der Waals surface area contributed by atoms with Crippen LogP contribution in [0.15, 0.2) is 115 Å². The summed E-state index contributed by atoms with van der Waals surface area (Å²) in [5.41, 5.74) is 0. The van der Waals surface area contributed by atoms with Gasteiger partial charge in [0.25, 0.3) is 0 Å². The van der Waals surface area contributed by atoms with E-state index < -0.39 is 7.26 Å². The molecule has 0 radical (unpaired) electrons. The molecule has 0 fully saturated rings. The molecule has 3 aromatic rings. The zero-order valence-electron chi connectivity index (χ0n) is 17.0. The van der Waals surface area contributed by atoms with E-state index in [4.69, 9.17) is 0 Å². The van der Waals surface area contributed by atoms with Gasteiger partial charge in [-0.3, -0.25) is 0 Å². The van der Waals surface area contributed by atoms with Crippen molar-refractivity contribution < 1.29 is 0 Å². The van der Waals surface area contributed by atoms with Gasteiger partial charge in [-0.1, -0.05) is 85.8 Å². The van der Waals surface area contributed by atoms with Crippen molar-refractivity contribution in [2.24, 2.45) is 0 Å². The summed E-state index contributed by atoms with van der Waals surface area (Å²) in [6, 6.07) is 33.1. The van der Waals surface area contributed by atoms with Crippen LogP contribution in [0.25, 0.3) is 0 Å². The summed E-state index contributed by atoms with van der Waals surface area (Å²) in [5, 5.41) is 4.25. The molecule has 0 N–H and O–H groups in total. The van der Waals surface area contributed by atoms with Gasteiger partial charge in [-0.2, -0.15) is 0 Å². The number of hydrogen-bond donors (Lipinski definition) is 0. The lowest BCUT2D eigenvalue weighted by molar-refractivity contribution is 1.15. The Morgan fingerprint density at radius 3 is 1.48 bits per heavy atom. The third-order valence-electron chi connectivity index (χ3n) is 5.08. The number of rotatable bonds is 9. The monoisotopic (exact) mass is 463 g/mol. The Hall–Kier alpha value is -1.95. The number of hydrogen-bond acceptors (Lipinski definition) is 0. The SMILES string of the molecule is CCC=CCC=CCC(Br)[P+](c1ccccc1)(c1ccccc1)c1ccccc1. The lowest BCUT2D eigenvalue weighted by Gasteiger charge is -2.31. The molecule has 0 aliphatic heterocycles. The molecule has 0 bridgehead atoms. The highest BCUT2D eigenvalue weighted by Crippen LogP contribution is 2.62. The fraction of sp³-hybridized carbons (Fsp3) is 0.185. The predicted octanol–water partition coefficient (Wildman–Crippen LogP) is 7.00. The standard InChI is InChI=1S/C27H29BrP/c1-2-3-4-5-6-16-23-27(28)29(24-17-10-7-11-18-24,25-19-12-8-13-20-25)26-21-14-9-15-22-26/h3-4,6-22,27H,2,5,23H2,1H3/q+1. The van der Waals surface area contributed by atoms with Crippen molar-refractivity contribution in [1.82, 2.24) is 0 Å². The first-order chi connectivity index (χ1) is 14.3. The molecule has 0 aliphatic carbocycles. The summed E-state index contributed by atoms with van der Waals surface area (Å²) in [6.45, 7) is 2.17. The summed E-state index contributed by atoms with van der Waals surface area (Å²) in [4.78, 5) is 0. The van der Waals surface area contributed by atoms with E-state index >= 15 is 0 Å². The Morgan fingerprint density at radius 2 is 1.07 bits per heavy atom. The summed E-state index contributed by atoms with van der Waals surface area (Å²) in [5.74, 6) is 0. The highest BCUT2D eigenvalue weighted by molar-refractivity contribution is 9.11. The number of alkyl halides is 1. The molecule has 0 saturated heterocycles. The molecule has 3 aromatic carbocycles. The van der Waals surface area contributed by atoms with Crippen LogP contribution in [0.1, 0.15) is 26.2 Å². The van der Waals surface area contributed by atoms with E-state index in [2.05, 4.69) is 138 Å². The predicted molar refractivity (Wildman–Crippen MR) is 136 cm³/mol. The van der Waals surface area contributed by atoms with Gasteiger partial charge in [0.2, 0.25) is 0 Å². The van der Waals surface area contributed by atoms with E-state index in [-0.39, 0.29) is 0 Å². The number of halogens is 1. The van der Waals surface area contributed by atoms with Crippen molar-refractivity contribution in [1.29, 1.82) is 0 Å². The second-order valence-corrected chi connectivity index (χ2v) is 12.4. The topological polar surface area (TPSA) is 0 Å². The molecule has 0 spiro atoms. The molecule has 1 unspecified atom stereocenters. The smallest absolute Gasteiger partial charge is 0.0885 e. The third kappa shape index (κ3) is 5.16. The lowest BCUT2D eigenvalue weighted by Crippen LogP contribution is -2.36. The maximum absolute atomic E-state index is 4.17. The fourth-order valence-corrected chi connectivity index (χ4v) is 10.3. The molecule has 1 atom stereocenters. The molecule has 29 heavy (non-hydrogen) atoms. The minimum Gasteiger partial charge on any atom is -0.0885 e. The molecule has 0 nitrogen and oxygen atoms in total. The van der Waals surface area contributed by atoms with Gasteiger partial charge in [-0.05, 0) is 65.2 Å². The minimum atomic E-state index is -1.86. The van der Waals surface area contributed by atoms with Crippen LogP contribution in [0.3, 0.4) is 0 Å². The zero-order chi connectivity index (χ0) is 20.4. The summed E-state index contributed by atoms with van der Waals surface area (Å²) in [6.07, 6.45) is 12.2. The largest absolute Gasteiger partial charge is 0.141 e. The first-order valence-corrected chi connectivity index (χ1v) is 13.1. The second-order valence-electron chi connectivity index (χ2n) is 6.99. The molecule has 0 aromatic heterocycles. The van der Waals surface area contributed by atoms with Gasteiger partial charge in [-0.25, -0.2) is 0 Å². The molecule has 0 heterocycles. The van der Waals surface area contributed by atoms with Crippen molar-refractivity contribution in [3.05, 3.63) is 115 Å². The van der Waals surface area contributed by atoms with Gasteiger partial charge in [0, 0.05) is 6.42 Å². The Labute approximate surface area is 184 Å². The van der Waals surface area contributed by atoms with Crippen LogP contribution in [0.4, 0.5) is 0 Å². The van der Waals surface area contributed by atoms with E-state index in [0.29, 0.717) is 4.57 Å². The van der Waals surface area contributed by atoms with Crippen molar-refractivity contribution in [2.75, 3.05) is 0 Å². The van der Waals surface area contributed by atoms with Crippen LogP contribution < -0.4 is 15.9 Å². The first-order valence-electron chi connectivity index (χ1n) is 10.3. The zero-order valence-corrected chi connectivity index (χ0v) is 19.5. The van der Waals surface area contributed by atoms with E-state index in [1.165, 1.54) is 15.9 Å². The van der Waals surface area contributed by atoms with Crippen molar-refractivity contribution >= 4 is 39.1 Å². The van der Waals surface area contributed by atoms with Crippen LogP contribution in [-0.4, -0.2) is 4.57 Å².